The molecular weight excluding hydrogens is 397 g/mol. The smallest absolute Gasteiger partial charge is 0.254 e. The monoisotopic (exact) mass is 415 g/mol. The van der Waals surface area contributed by atoms with Gasteiger partial charge >= 0.3 is 0 Å². The van der Waals surface area contributed by atoms with E-state index in [1.165, 1.54) is 42.0 Å². The maximum atomic E-state index is 13.3. The average molecular weight is 416 g/mol. The number of methoxy groups -OCH3 is 1. The van der Waals surface area contributed by atoms with Gasteiger partial charge < -0.3 is 10.1 Å². The second kappa shape index (κ2) is 8.87. The number of aryl methyl sites for hydroxylation is 1. The Labute approximate surface area is 171 Å². The number of carbonyl (C=O) groups is 1. The molecule has 29 heavy (non-hydrogen) atoms. The molecule has 6 nitrogen and oxygen atoms in total. The molecule has 150 valence electrons. The summed E-state index contributed by atoms with van der Waals surface area (Å²) in [5.74, 6) is -0.127. The zero-order valence-corrected chi connectivity index (χ0v) is 16.7. The number of ether oxygens (including phenoxy) is 1. The minimum atomic E-state index is -0.456. The molecule has 0 aliphatic rings. The number of carbonyl (C=O) groups excluding carboxylic acids is 1. The first kappa shape index (κ1) is 20.5. The summed E-state index contributed by atoms with van der Waals surface area (Å²) >= 11 is 5.99. The van der Waals surface area contributed by atoms with Crippen molar-refractivity contribution >= 4 is 23.2 Å². The van der Waals surface area contributed by atoms with Crippen molar-refractivity contribution in [2.45, 2.75) is 19.9 Å². The van der Waals surface area contributed by atoms with Gasteiger partial charge in [0.15, 0.2) is 0 Å². The number of halogens is 2. The second-order valence-corrected chi connectivity index (χ2v) is 6.69. The van der Waals surface area contributed by atoms with Crippen LogP contribution in [0.3, 0.4) is 0 Å². The molecule has 0 bridgehead atoms. The first-order chi connectivity index (χ1) is 13.9. The Bertz CT molecular complexity index is 1100. The van der Waals surface area contributed by atoms with Crippen LogP contribution in [0.25, 0.3) is 11.4 Å². The van der Waals surface area contributed by atoms with Gasteiger partial charge in [-0.3, -0.25) is 14.2 Å². The third-order valence-electron chi connectivity index (χ3n) is 4.26. The third kappa shape index (κ3) is 4.81. The fourth-order valence-electron chi connectivity index (χ4n) is 2.82. The molecule has 1 aromatic heterocycles. The van der Waals surface area contributed by atoms with Gasteiger partial charge in [-0.2, -0.15) is 0 Å². The van der Waals surface area contributed by atoms with Crippen LogP contribution in [-0.2, 0) is 17.8 Å². The average Bonchev–Trinajstić information content (AvgIpc) is 2.70. The van der Waals surface area contributed by atoms with Crippen LogP contribution in [0.2, 0.25) is 5.02 Å². The van der Waals surface area contributed by atoms with E-state index in [0.29, 0.717) is 40.0 Å². The van der Waals surface area contributed by atoms with Crippen LogP contribution >= 0.6 is 11.6 Å². The molecule has 0 atom stereocenters. The lowest BCUT2D eigenvalue weighted by atomic mass is 10.2. The first-order valence-electron chi connectivity index (χ1n) is 8.91. The predicted octanol–water partition coefficient (Wildman–Crippen LogP) is 3.91. The highest BCUT2D eigenvalue weighted by atomic mass is 35.5. The SMILES string of the molecule is CCc1cc(=O)n(CC(=O)Nc2cc(Cl)ccc2OC)c(-c2ccc(F)cc2)n1. The van der Waals surface area contributed by atoms with E-state index in [1.54, 1.807) is 18.2 Å². The quantitative estimate of drug-likeness (QED) is 0.662. The highest BCUT2D eigenvalue weighted by molar-refractivity contribution is 6.31. The van der Waals surface area contributed by atoms with Gasteiger partial charge in [0.2, 0.25) is 5.91 Å². The van der Waals surface area contributed by atoms with Crippen LogP contribution in [0.15, 0.2) is 53.3 Å². The van der Waals surface area contributed by atoms with Crippen LogP contribution < -0.4 is 15.6 Å². The third-order valence-corrected chi connectivity index (χ3v) is 4.50. The fraction of sp³-hybridized carbons (Fsp3) is 0.190. The summed E-state index contributed by atoms with van der Waals surface area (Å²) in [6.45, 7) is 1.59. The Balaban J connectivity index is 1.96. The predicted molar refractivity (Wildman–Crippen MR) is 110 cm³/mol. The largest absolute Gasteiger partial charge is 0.495 e. The summed E-state index contributed by atoms with van der Waals surface area (Å²) in [4.78, 5) is 29.8. The number of hydrogen-bond acceptors (Lipinski definition) is 4. The highest BCUT2D eigenvalue weighted by Crippen LogP contribution is 2.27. The number of aromatic nitrogens is 2. The minimum Gasteiger partial charge on any atom is -0.495 e. The Kier molecular flexibility index (Phi) is 6.29. The van der Waals surface area contributed by atoms with Crippen molar-refractivity contribution in [2.24, 2.45) is 0 Å². The van der Waals surface area contributed by atoms with Crippen molar-refractivity contribution in [3.8, 4) is 17.1 Å². The molecule has 1 heterocycles. The van der Waals surface area contributed by atoms with E-state index in [4.69, 9.17) is 16.3 Å². The zero-order valence-electron chi connectivity index (χ0n) is 15.9. The number of anilines is 1. The zero-order chi connectivity index (χ0) is 21.0. The van der Waals surface area contributed by atoms with E-state index in [2.05, 4.69) is 10.3 Å². The number of amides is 1. The molecule has 1 amide bonds. The van der Waals surface area contributed by atoms with Crippen LogP contribution in [-0.4, -0.2) is 22.6 Å². The number of rotatable bonds is 6. The molecular formula is C21H19ClFN3O3. The summed E-state index contributed by atoms with van der Waals surface area (Å²) in [6.07, 6.45) is 0.552. The first-order valence-corrected chi connectivity index (χ1v) is 9.29. The lowest BCUT2D eigenvalue weighted by Crippen LogP contribution is -2.30. The summed E-state index contributed by atoms with van der Waals surface area (Å²) in [7, 11) is 1.48. The van der Waals surface area contributed by atoms with Gasteiger partial charge in [0.05, 0.1) is 12.8 Å². The number of nitrogens with one attached hydrogen (secondary N) is 1. The van der Waals surface area contributed by atoms with Crippen molar-refractivity contribution in [1.82, 2.24) is 9.55 Å². The van der Waals surface area contributed by atoms with E-state index in [-0.39, 0.29) is 12.1 Å². The maximum Gasteiger partial charge on any atom is 0.254 e. The van der Waals surface area contributed by atoms with Crippen molar-refractivity contribution in [1.29, 1.82) is 0 Å². The molecule has 0 aliphatic heterocycles. The van der Waals surface area contributed by atoms with E-state index in [9.17, 15) is 14.0 Å². The lowest BCUT2D eigenvalue weighted by Gasteiger charge is -2.15. The summed E-state index contributed by atoms with van der Waals surface area (Å²) in [6, 6.07) is 11.8. The normalized spacial score (nSPS) is 10.6. The van der Waals surface area contributed by atoms with Crippen LogP contribution in [0.5, 0.6) is 5.75 Å². The second-order valence-electron chi connectivity index (χ2n) is 6.25. The molecule has 1 N–H and O–H groups in total. The van der Waals surface area contributed by atoms with E-state index >= 15 is 0 Å². The number of hydrogen-bond donors (Lipinski definition) is 1. The molecule has 0 saturated carbocycles. The Hall–Kier alpha value is -3.19. The molecule has 0 unspecified atom stereocenters. The Morgan fingerprint density at radius 3 is 2.59 bits per heavy atom. The molecule has 3 aromatic rings. The van der Waals surface area contributed by atoms with Crippen LogP contribution in [0.1, 0.15) is 12.6 Å². The molecule has 0 aliphatic carbocycles. The van der Waals surface area contributed by atoms with E-state index < -0.39 is 11.7 Å². The summed E-state index contributed by atoms with van der Waals surface area (Å²) in [5, 5.41) is 3.13. The van der Waals surface area contributed by atoms with Gasteiger partial charge in [-0.15, -0.1) is 0 Å². The molecule has 3 rings (SSSR count). The number of nitrogens with zero attached hydrogens (tertiary/aromatic N) is 2. The van der Waals surface area contributed by atoms with Crippen molar-refractivity contribution < 1.29 is 13.9 Å². The summed E-state index contributed by atoms with van der Waals surface area (Å²) in [5.41, 5.74) is 1.14. The van der Waals surface area contributed by atoms with Gasteiger partial charge in [-0.05, 0) is 48.9 Å². The number of benzene rings is 2. The standard InChI is InChI=1S/C21H19ClFN3O3/c1-3-16-11-20(28)26(21(24-16)13-4-7-15(23)8-5-13)12-19(27)25-17-10-14(22)6-9-18(17)29-2/h4-11H,3,12H2,1-2H3,(H,25,27). The highest BCUT2D eigenvalue weighted by Gasteiger charge is 2.15. The van der Waals surface area contributed by atoms with Crippen LogP contribution in [0.4, 0.5) is 10.1 Å². The summed E-state index contributed by atoms with van der Waals surface area (Å²) < 4.78 is 19.8. The Morgan fingerprint density at radius 2 is 1.93 bits per heavy atom. The molecule has 0 fully saturated rings. The van der Waals surface area contributed by atoms with Crippen molar-refractivity contribution in [2.75, 3.05) is 12.4 Å². The maximum absolute atomic E-state index is 13.3. The van der Waals surface area contributed by atoms with Gasteiger partial charge in [-0.25, -0.2) is 9.37 Å². The molecule has 8 heteroatoms. The lowest BCUT2D eigenvalue weighted by molar-refractivity contribution is -0.116. The topological polar surface area (TPSA) is 73.2 Å². The molecule has 2 aromatic carbocycles. The molecule has 0 saturated heterocycles. The van der Waals surface area contributed by atoms with Gasteiger partial charge in [-0.1, -0.05) is 18.5 Å². The molecule has 0 spiro atoms. The molecule has 0 radical (unpaired) electrons. The van der Waals surface area contributed by atoms with Gasteiger partial charge in [0.25, 0.3) is 5.56 Å². The van der Waals surface area contributed by atoms with Gasteiger partial charge in [0, 0.05) is 22.3 Å². The van der Waals surface area contributed by atoms with Crippen molar-refractivity contribution in [3.63, 3.8) is 0 Å². The Morgan fingerprint density at radius 1 is 1.21 bits per heavy atom. The van der Waals surface area contributed by atoms with E-state index in [1.807, 2.05) is 6.92 Å². The van der Waals surface area contributed by atoms with Crippen molar-refractivity contribution in [3.05, 3.63) is 75.4 Å². The minimum absolute atomic E-state index is 0.280. The van der Waals surface area contributed by atoms with Gasteiger partial charge in [0.1, 0.15) is 23.9 Å². The van der Waals surface area contributed by atoms with E-state index in [0.717, 1.165) is 0 Å². The van der Waals surface area contributed by atoms with Crippen LogP contribution in [0, 0.1) is 5.82 Å². The fourth-order valence-corrected chi connectivity index (χ4v) is 2.99.